The molecule has 0 heterocycles. The summed E-state index contributed by atoms with van der Waals surface area (Å²) in [6.45, 7) is 0. The van der Waals surface area contributed by atoms with Gasteiger partial charge in [-0.05, 0) is 0 Å². The van der Waals surface area contributed by atoms with E-state index < -0.39 is 12.2 Å². The van der Waals surface area contributed by atoms with Crippen LogP contribution in [0.2, 0.25) is 0 Å². The molecular weight excluding hydrogens is 621 g/mol. The van der Waals surface area contributed by atoms with Gasteiger partial charge in [0.1, 0.15) is 0 Å². The molecule has 4 N–H and O–H groups in total. The summed E-state index contributed by atoms with van der Waals surface area (Å²) in [5, 5.41) is 14.2. The van der Waals surface area contributed by atoms with Crippen LogP contribution in [0.1, 0.15) is 31.8 Å². The Morgan fingerprint density at radius 2 is 1.11 bits per heavy atom. The number of hydrogen-bond acceptors (Lipinski definition) is 5. The molecule has 137 valence electrons. The fourth-order valence-corrected chi connectivity index (χ4v) is 2.26. The molecule has 1 aliphatic carbocycles. The molecular formula is C16H11N2O6SWY-. The average Bonchev–Trinajstić information content (AvgIpc) is 2.51. The molecule has 2 amide bonds. The number of amides is 2. The minimum Gasteiger partial charge on any atom is -0.780 e. The predicted molar refractivity (Wildman–Crippen MR) is 90.1 cm³/mol. The molecule has 0 aromatic heterocycles. The van der Waals surface area contributed by atoms with Crippen LogP contribution < -0.4 is 0 Å². The first-order valence-electron chi connectivity index (χ1n) is 6.53. The molecule has 2 aromatic carbocycles. The van der Waals surface area contributed by atoms with E-state index in [1.54, 1.807) is 42.5 Å². The van der Waals surface area contributed by atoms with Crippen LogP contribution in [-0.4, -0.2) is 34.0 Å². The van der Waals surface area contributed by atoms with E-state index in [-0.39, 0.29) is 65.3 Å². The number of benzene rings is 2. The normalized spacial score (nSPS) is 10.1. The molecule has 0 saturated carbocycles. The van der Waals surface area contributed by atoms with Gasteiger partial charge in [-0.1, -0.05) is 42.5 Å². The van der Waals surface area contributed by atoms with Crippen LogP contribution in [0.15, 0.2) is 47.4 Å². The van der Waals surface area contributed by atoms with E-state index >= 15 is 0 Å². The zero-order chi connectivity index (χ0) is 19.1. The summed E-state index contributed by atoms with van der Waals surface area (Å²) in [6, 6.07) is 11.8. The summed E-state index contributed by atoms with van der Waals surface area (Å²) in [7, 11) is 0. The molecule has 0 unspecified atom stereocenters. The standard InChI is InChI=1S/C14H8O2S.2CH2NO2.W.Y/c15-13-9-3-1-2-4-10(9)14(16)12-7-8(17)5-6-11(12)13;2*2-1(3)4;;/h1-7,17H;2*2H,(H,3,4);;/q;2*-1;+2;/p-1. The van der Waals surface area contributed by atoms with Crippen molar-refractivity contribution in [3.05, 3.63) is 76.2 Å². The van der Waals surface area contributed by atoms with Crippen LogP contribution in [0.4, 0.5) is 9.59 Å². The smallest absolute Gasteiger partial charge is 0.780 e. The summed E-state index contributed by atoms with van der Waals surface area (Å²) < 4.78 is 0. The first kappa shape index (κ1) is 27.6. The Balaban J connectivity index is 0. The molecule has 2 aromatic rings. The summed E-state index contributed by atoms with van der Waals surface area (Å²) >= 11 is 5.02. The quantitative estimate of drug-likeness (QED) is 0.357. The summed E-state index contributed by atoms with van der Waals surface area (Å²) in [6.07, 6.45) is -3.17. The fraction of sp³-hybridized carbons (Fsp3) is 0. The number of rotatable bonds is 0. The third kappa shape index (κ3) is 8.26. The Morgan fingerprint density at radius 3 is 1.52 bits per heavy atom. The number of ketones is 2. The maximum Gasteiger partial charge on any atom is 2.00 e. The van der Waals surface area contributed by atoms with Crippen molar-refractivity contribution in [3.8, 4) is 0 Å². The van der Waals surface area contributed by atoms with E-state index in [2.05, 4.69) is 0 Å². The molecule has 3 rings (SSSR count). The zero-order valence-corrected chi connectivity index (χ0v) is 20.1. The molecule has 0 atom stereocenters. The SMILES string of the molecule is O=C1c2ccccc2C(=O)c2cc([S-])ccc21.[NH-]C(=O)O.[NH-]C(=O)O.[W+2].[Y]. The van der Waals surface area contributed by atoms with E-state index in [1.807, 2.05) is 0 Å². The van der Waals surface area contributed by atoms with Gasteiger partial charge in [0, 0.05) is 55.0 Å². The molecule has 0 fully saturated rings. The van der Waals surface area contributed by atoms with Gasteiger partial charge in [-0.3, -0.25) is 19.2 Å². The van der Waals surface area contributed by atoms with E-state index in [0.717, 1.165) is 0 Å². The van der Waals surface area contributed by atoms with Crippen LogP contribution in [0.3, 0.4) is 0 Å². The van der Waals surface area contributed by atoms with Crippen molar-refractivity contribution in [1.82, 2.24) is 0 Å². The van der Waals surface area contributed by atoms with E-state index in [1.165, 1.54) is 0 Å². The Labute approximate surface area is 199 Å². The van der Waals surface area contributed by atoms with Gasteiger partial charge in [0.2, 0.25) is 12.2 Å². The van der Waals surface area contributed by atoms with Gasteiger partial charge in [-0.15, -0.1) is 0 Å². The van der Waals surface area contributed by atoms with Gasteiger partial charge in [-0.25, -0.2) is 0 Å². The predicted octanol–water partition coefficient (Wildman–Crippen LogP) is 3.80. The molecule has 0 aliphatic heterocycles. The van der Waals surface area contributed by atoms with Crippen LogP contribution in [0, 0.1) is 0 Å². The number of hydrogen-bond donors (Lipinski definition) is 2. The number of fused-ring (bicyclic) bond motifs is 2. The molecule has 27 heavy (non-hydrogen) atoms. The second kappa shape index (κ2) is 12.7. The summed E-state index contributed by atoms with van der Waals surface area (Å²) in [5.41, 5.74) is 12.8. The number of carbonyl (C=O) groups is 4. The number of carboxylic acid groups (broad SMARTS) is 2. The molecule has 1 aliphatic rings. The van der Waals surface area contributed by atoms with Crippen molar-refractivity contribution in [2.24, 2.45) is 0 Å². The summed E-state index contributed by atoms with van der Waals surface area (Å²) in [4.78, 5) is 42.3. The Bertz CT molecular complexity index is 843. The summed E-state index contributed by atoms with van der Waals surface area (Å²) in [5.74, 6) is -0.230. The number of carbonyl (C=O) groups excluding carboxylic acids is 2. The van der Waals surface area contributed by atoms with Crippen LogP contribution in [-0.2, 0) is 66.4 Å². The third-order valence-corrected chi connectivity index (χ3v) is 3.15. The fourth-order valence-electron chi connectivity index (χ4n) is 2.08. The minimum atomic E-state index is -1.58. The van der Waals surface area contributed by atoms with E-state index in [0.29, 0.717) is 27.1 Å². The van der Waals surface area contributed by atoms with Gasteiger partial charge in [-0.2, -0.15) is 4.90 Å². The van der Waals surface area contributed by atoms with E-state index in [4.69, 9.17) is 43.9 Å². The minimum absolute atomic E-state index is 0. The number of nitrogens with one attached hydrogen (secondary N) is 2. The Hall–Kier alpha value is -1.67. The largest absolute Gasteiger partial charge is 2.00 e. The topological polar surface area (TPSA) is 156 Å². The Kier molecular flexibility index (Phi) is 12.9. The zero-order valence-electron chi connectivity index (χ0n) is 13.5. The van der Waals surface area contributed by atoms with Crippen LogP contribution in [0.5, 0.6) is 0 Å². The monoisotopic (exact) mass is 632 g/mol. The van der Waals surface area contributed by atoms with Gasteiger partial charge in [0.15, 0.2) is 11.6 Å². The van der Waals surface area contributed by atoms with Gasteiger partial charge >= 0.3 is 21.1 Å². The third-order valence-electron chi connectivity index (χ3n) is 2.90. The maximum absolute atomic E-state index is 12.2. The van der Waals surface area contributed by atoms with Crippen molar-refractivity contribution in [2.45, 2.75) is 4.90 Å². The second-order valence-electron chi connectivity index (χ2n) is 4.52. The van der Waals surface area contributed by atoms with Crippen molar-refractivity contribution >= 4 is 36.4 Å². The van der Waals surface area contributed by atoms with Crippen molar-refractivity contribution in [2.75, 3.05) is 0 Å². The van der Waals surface area contributed by atoms with E-state index in [9.17, 15) is 9.59 Å². The van der Waals surface area contributed by atoms with Crippen LogP contribution >= 0.6 is 0 Å². The van der Waals surface area contributed by atoms with Crippen molar-refractivity contribution in [3.63, 3.8) is 0 Å². The maximum atomic E-state index is 12.2. The second-order valence-corrected chi connectivity index (χ2v) is 4.99. The molecule has 1 radical (unpaired) electrons. The molecule has 0 saturated heterocycles. The average molecular weight is 632 g/mol. The molecule has 0 bridgehead atoms. The first-order valence-corrected chi connectivity index (χ1v) is 6.94. The van der Waals surface area contributed by atoms with Gasteiger partial charge in [0.05, 0.1) is 0 Å². The Morgan fingerprint density at radius 1 is 0.778 bits per heavy atom. The molecule has 0 spiro atoms. The first-order chi connectivity index (χ1) is 11.6. The van der Waals surface area contributed by atoms with Crippen molar-refractivity contribution < 1.29 is 83.2 Å². The molecule has 8 nitrogen and oxygen atoms in total. The van der Waals surface area contributed by atoms with Crippen molar-refractivity contribution in [1.29, 1.82) is 0 Å². The molecule has 11 heteroatoms. The van der Waals surface area contributed by atoms with Crippen LogP contribution in [0.25, 0.3) is 11.5 Å². The van der Waals surface area contributed by atoms with Gasteiger partial charge in [0.25, 0.3) is 0 Å². The van der Waals surface area contributed by atoms with Gasteiger partial charge < -0.3 is 34.3 Å².